The summed E-state index contributed by atoms with van der Waals surface area (Å²) in [7, 11) is 1.35. The van der Waals surface area contributed by atoms with E-state index in [0.717, 1.165) is 18.5 Å². The number of ether oxygens (including phenoxy) is 2. The van der Waals surface area contributed by atoms with E-state index in [9.17, 15) is 9.59 Å². The van der Waals surface area contributed by atoms with Crippen LogP contribution in [0.25, 0.3) is 11.0 Å². The SMILES string of the molecule is CC[C@H](C)C(=O)Nc1c(C(=O)OC)n(C[C@H]2CCCO2)c2ncc(NCc3sccc3C)cc12. The number of anilines is 2. The van der Waals surface area contributed by atoms with Crippen LogP contribution in [0, 0.1) is 12.8 Å². The maximum atomic E-state index is 12.9. The van der Waals surface area contributed by atoms with Crippen LogP contribution in [0.3, 0.4) is 0 Å². The van der Waals surface area contributed by atoms with Crippen molar-refractivity contribution in [2.75, 3.05) is 24.4 Å². The minimum atomic E-state index is -0.515. The van der Waals surface area contributed by atoms with Crippen molar-refractivity contribution < 1.29 is 19.1 Å². The molecule has 1 aliphatic rings. The first-order valence-corrected chi connectivity index (χ1v) is 12.6. The molecule has 0 aromatic carbocycles. The predicted octanol–water partition coefficient (Wildman–Crippen LogP) is 4.97. The van der Waals surface area contributed by atoms with Gasteiger partial charge in [-0.3, -0.25) is 4.79 Å². The summed E-state index contributed by atoms with van der Waals surface area (Å²) >= 11 is 1.70. The second kappa shape index (κ2) is 10.6. The lowest BCUT2D eigenvalue weighted by Gasteiger charge is -2.15. The van der Waals surface area contributed by atoms with Gasteiger partial charge in [-0.25, -0.2) is 9.78 Å². The van der Waals surface area contributed by atoms with Gasteiger partial charge in [0, 0.05) is 29.3 Å². The van der Waals surface area contributed by atoms with E-state index >= 15 is 0 Å². The summed E-state index contributed by atoms with van der Waals surface area (Å²) in [4.78, 5) is 31.8. The first-order chi connectivity index (χ1) is 16.4. The molecule has 34 heavy (non-hydrogen) atoms. The third-order valence-corrected chi connectivity index (χ3v) is 7.44. The van der Waals surface area contributed by atoms with E-state index in [0.29, 0.717) is 48.5 Å². The van der Waals surface area contributed by atoms with E-state index in [-0.39, 0.29) is 17.9 Å². The van der Waals surface area contributed by atoms with E-state index in [2.05, 4.69) is 29.0 Å². The lowest BCUT2D eigenvalue weighted by atomic mass is 10.1. The largest absolute Gasteiger partial charge is 0.464 e. The van der Waals surface area contributed by atoms with E-state index in [4.69, 9.17) is 14.5 Å². The molecule has 2 atom stereocenters. The van der Waals surface area contributed by atoms with Gasteiger partial charge in [0.15, 0.2) is 5.69 Å². The summed E-state index contributed by atoms with van der Waals surface area (Å²) in [5.41, 5.74) is 3.40. The fourth-order valence-electron chi connectivity index (χ4n) is 4.13. The number of rotatable bonds is 9. The average molecular weight is 485 g/mol. The fourth-order valence-corrected chi connectivity index (χ4v) is 4.97. The Morgan fingerprint density at radius 1 is 1.41 bits per heavy atom. The van der Waals surface area contributed by atoms with Gasteiger partial charge in [-0.1, -0.05) is 13.8 Å². The molecule has 2 N–H and O–H groups in total. The van der Waals surface area contributed by atoms with Crippen molar-refractivity contribution in [1.82, 2.24) is 9.55 Å². The van der Waals surface area contributed by atoms with Gasteiger partial charge in [-0.2, -0.15) is 0 Å². The van der Waals surface area contributed by atoms with E-state index in [1.54, 1.807) is 17.5 Å². The van der Waals surface area contributed by atoms with Crippen molar-refractivity contribution in [2.24, 2.45) is 5.92 Å². The number of fused-ring (bicyclic) bond motifs is 1. The molecule has 3 aromatic heterocycles. The van der Waals surface area contributed by atoms with Crippen molar-refractivity contribution in [3.63, 3.8) is 0 Å². The van der Waals surface area contributed by atoms with Crippen molar-refractivity contribution in [3.05, 3.63) is 39.8 Å². The highest BCUT2D eigenvalue weighted by atomic mass is 32.1. The summed E-state index contributed by atoms with van der Waals surface area (Å²) < 4.78 is 12.8. The Labute approximate surface area is 203 Å². The Balaban J connectivity index is 1.78. The number of esters is 1. The summed E-state index contributed by atoms with van der Waals surface area (Å²) in [5, 5.41) is 9.20. The van der Waals surface area contributed by atoms with Crippen molar-refractivity contribution in [3.8, 4) is 0 Å². The molecular weight excluding hydrogens is 452 g/mol. The number of pyridine rings is 1. The first kappa shape index (κ1) is 24.2. The Morgan fingerprint density at radius 2 is 2.24 bits per heavy atom. The van der Waals surface area contributed by atoms with E-state index < -0.39 is 5.97 Å². The van der Waals surface area contributed by atoms with E-state index in [1.807, 2.05) is 24.5 Å². The molecule has 9 heteroatoms. The van der Waals surface area contributed by atoms with E-state index in [1.165, 1.54) is 17.6 Å². The van der Waals surface area contributed by atoms with Crippen LogP contribution in [0.4, 0.5) is 11.4 Å². The molecule has 4 heterocycles. The van der Waals surface area contributed by atoms with Gasteiger partial charge >= 0.3 is 5.97 Å². The molecule has 1 saturated heterocycles. The molecular formula is C25H32N4O4S. The van der Waals surface area contributed by atoms with Crippen molar-refractivity contribution in [1.29, 1.82) is 0 Å². The zero-order valence-corrected chi connectivity index (χ0v) is 21.0. The van der Waals surface area contributed by atoms with Crippen molar-refractivity contribution >= 4 is 45.6 Å². The number of amides is 1. The number of aryl methyl sites for hydroxylation is 1. The third kappa shape index (κ3) is 4.95. The zero-order chi connectivity index (χ0) is 24.2. The Hall–Kier alpha value is -2.91. The maximum Gasteiger partial charge on any atom is 0.356 e. The number of aromatic nitrogens is 2. The molecule has 0 spiro atoms. The molecule has 0 radical (unpaired) electrons. The van der Waals surface area contributed by atoms with Gasteiger partial charge in [0.25, 0.3) is 0 Å². The summed E-state index contributed by atoms with van der Waals surface area (Å²) in [6.45, 7) is 7.76. The van der Waals surface area contributed by atoms with Crippen LogP contribution in [-0.4, -0.2) is 41.2 Å². The molecule has 0 unspecified atom stereocenters. The van der Waals surface area contributed by atoms with Gasteiger partial charge in [0.2, 0.25) is 5.91 Å². The quantitative estimate of drug-likeness (QED) is 0.417. The highest BCUT2D eigenvalue weighted by molar-refractivity contribution is 7.10. The minimum absolute atomic E-state index is 0.0153. The average Bonchev–Trinajstić information content (AvgIpc) is 3.57. The highest BCUT2D eigenvalue weighted by Gasteiger charge is 2.29. The Morgan fingerprint density at radius 3 is 2.88 bits per heavy atom. The summed E-state index contributed by atoms with van der Waals surface area (Å²) in [6.07, 6.45) is 4.34. The second-order valence-electron chi connectivity index (χ2n) is 8.73. The Bertz CT molecular complexity index is 1180. The zero-order valence-electron chi connectivity index (χ0n) is 20.1. The molecule has 8 nitrogen and oxygen atoms in total. The molecule has 0 bridgehead atoms. The molecule has 3 aromatic rings. The lowest BCUT2D eigenvalue weighted by molar-refractivity contribution is -0.119. The number of nitrogens with zero attached hydrogens (tertiary/aromatic N) is 2. The second-order valence-corrected chi connectivity index (χ2v) is 9.74. The third-order valence-electron chi connectivity index (χ3n) is 6.42. The molecule has 1 fully saturated rings. The molecule has 182 valence electrons. The summed E-state index contributed by atoms with van der Waals surface area (Å²) in [6, 6.07) is 4.04. The van der Waals surface area contributed by atoms with Crippen LogP contribution in [0.15, 0.2) is 23.7 Å². The van der Waals surface area contributed by atoms with Crippen LogP contribution in [0.1, 0.15) is 54.0 Å². The van der Waals surface area contributed by atoms with Crippen molar-refractivity contribution in [2.45, 2.75) is 59.2 Å². The van der Waals surface area contributed by atoms with Crippen LogP contribution in [0.2, 0.25) is 0 Å². The smallest absolute Gasteiger partial charge is 0.356 e. The highest BCUT2D eigenvalue weighted by Crippen LogP contribution is 2.34. The number of hydrogen-bond donors (Lipinski definition) is 2. The topological polar surface area (TPSA) is 94.5 Å². The van der Waals surface area contributed by atoms with Gasteiger partial charge in [-0.15, -0.1) is 11.3 Å². The molecule has 0 saturated carbocycles. The van der Waals surface area contributed by atoms with Gasteiger partial charge in [-0.05, 0) is 49.3 Å². The standard InChI is InChI=1S/C25H32N4O4S/c1-5-15(2)24(30)28-21-19-11-17(26-13-20-16(3)8-10-34-20)12-27-23(19)29(22(21)25(31)32-4)14-18-7-6-9-33-18/h8,10-12,15,18,26H,5-7,9,13-14H2,1-4H3,(H,28,30)/t15-,18+/m0/s1. The number of carbonyl (C=O) groups is 2. The lowest BCUT2D eigenvalue weighted by Crippen LogP contribution is -2.23. The molecule has 1 aliphatic heterocycles. The number of nitrogens with one attached hydrogen (secondary N) is 2. The normalized spacial score (nSPS) is 16.5. The van der Waals surface area contributed by atoms with Crippen LogP contribution < -0.4 is 10.6 Å². The van der Waals surface area contributed by atoms with Gasteiger partial charge in [0.1, 0.15) is 5.65 Å². The first-order valence-electron chi connectivity index (χ1n) is 11.7. The Kier molecular flexibility index (Phi) is 7.53. The van der Waals surface area contributed by atoms with Gasteiger partial charge < -0.3 is 24.7 Å². The molecule has 1 amide bonds. The number of hydrogen-bond acceptors (Lipinski definition) is 7. The number of methoxy groups -OCH3 is 1. The van der Waals surface area contributed by atoms with Crippen LogP contribution in [-0.2, 0) is 27.4 Å². The summed E-state index contributed by atoms with van der Waals surface area (Å²) in [5.74, 6) is -0.853. The number of carbonyl (C=O) groups excluding carboxylic acids is 2. The maximum absolute atomic E-state index is 12.9. The minimum Gasteiger partial charge on any atom is -0.464 e. The molecule has 0 aliphatic carbocycles. The molecule has 4 rings (SSSR count). The van der Waals surface area contributed by atoms with Gasteiger partial charge in [0.05, 0.1) is 37.3 Å². The van der Waals surface area contributed by atoms with Crippen LogP contribution >= 0.6 is 11.3 Å². The number of thiophene rings is 1. The van der Waals surface area contributed by atoms with Crippen LogP contribution in [0.5, 0.6) is 0 Å². The predicted molar refractivity (Wildman–Crippen MR) is 135 cm³/mol. The fraction of sp³-hybridized carbons (Fsp3) is 0.480. The monoisotopic (exact) mass is 484 g/mol.